The molecule has 1 aliphatic rings. The van der Waals surface area contributed by atoms with Crippen LogP contribution in [0.5, 0.6) is 5.75 Å². The van der Waals surface area contributed by atoms with E-state index in [-0.39, 0.29) is 16.7 Å². The van der Waals surface area contributed by atoms with Crippen molar-refractivity contribution in [2.24, 2.45) is 0 Å². The van der Waals surface area contributed by atoms with Gasteiger partial charge in [0.25, 0.3) is 11.7 Å². The first-order chi connectivity index (χ1) is 16.5. The lowest BCUT2D eigenvalue weighted by Crippen LogP contribution is -2.29. The summed E-state index contributed by atoms with van der Waals surface area (Å²) >= 11 is 0. The number of rotatable bonds is 4. The van der Waals surface area contributed by atoms with E-state index in [1.54, 1.807) is 43.8 Å². The molecule has 0 bridgehead atoms. The molecule has 1 saturated heterocycles. The molecule has 1 N–H and O–H groups in total. The number of aliphatic hydroxyl groups excluding tert-OH is 1. The summed E-state index contributed by atoms with van der Waals surface area (Å²) in [5.41, 5.74) is 4.40. The Morgan fingerprint density at radius 1 is 1.03 bits per heavy atom. The molecule has 6 heteroatoms. The van der Waals surface area contributed by atoms with E-state index in [0.717, 1.165) is 16.7 Å². The van der Waals surface area contributed by atoms with Crippen molar-refractivity contribution in [1.82, 2.24) is 4.98 Å². The van der Waals surface area contributed by atoms with Gasteiger partial charge in [0, 0.05) is 29.2 Å². The summed E-state index contributed by atoms with van der Waals surface area (Å²) in [6.07, 6.45) is 3.25. The number of aromatic nitrogens is 1. The molecule has 1 amide bonds. The van der Waals surface area contributed by atoms with Gasteiger partial charge in [0.15, 0.2) is 0 Å². The van der Waals surface area contributed by atoms with E-state index in [1.165, 1.54) is 4.90 Å². The molecule has 0 spiro atoms. The number of ketones is 1. The predicted molar refractivity (Wildman–Crippen MR) is 137 cm³/mol. The molecule has 0 saturated carbocycles. The van der Waals surface area contributed by atoms with Gasteiger partial charge < -0.3 is 9.84 Å². The van der Waals surface area contributed by atoms with Gasteiger partial charge in [-0.1, -0.05) is 32.9 Å². The van der Waals surface area contributed by atoms with Crippen molar-refractivity contribution in [2.75, 3.05) is 12.0 Å². The highest BCUT2D eigenvalue weighted by atomic mass is 16.5. The van der Waals surface area contributed by atoms with Crippen LogP contribution >= 0.6 is 0 Å². The van der Waals surface area contributed by atoms with Crippen molar-refractivity contribution in [3.63, 3.8) is 0 Å². The van der Waals surface area contributed by atoms with Crippen molar-refractivity contribution < 1.29 is 19.4 Å². The Labute approximate surface area is 205 Å². The Kier molecular flexibility index (Phi) is 6.24. The zero-order chi connectivity index (χ0) is 25.5. The largest absolute Gasteiger partial charge is 0.507 e. The summed E-state index contributed by atoms with van der Waals surface area (Å²) in [5.74, 6) is -0.957. The summed E-state index contributed by atoms with van der Waals surface area (Å²) in [5, 5.41) is 11.5. The third-order valence-electron chi connectivity index (χ3n) is 6.49. The van der Waals surface area contributed by atoms with Gasteiger partial charge in [-0.3, -0.25) is 19.5 Å². The second kappa shape index (κ2) is 9.02. The molecule has 4 rings (SSSR count). The van der Waals surface area contributed by atoms with E-state index >= 15 is 0 Å². The fraction of sp³-hybridized carbons (Fsp3) is 0.276. The zero-order valence-electron chi connectivity index (χ0n) is 20.9. The number of methoxy groups -OCH3 is 1. The van der Waals surface area contributed by atoms with Crippen LogP contribution < -0.4 is 9.64 Å². The van der Waals surface area contributed by atoms with E-state index in [9.17, 15) is 14.7 Å². The molecular weight excluding hydrogens is 440 g/mol. The van der Waals surface area contributed by atoms with Crippen molar-refractivity contribution >= 4 is 23.1 Å². The molecule has 1 aromatic heterocycles. The van der Waals surface area contributed by atoms with E-state index in [0.29, 0.717) is 22.6 Å². The number of ether oxygens (including phenoxy) is 1. The summed E-state index contributed by atoms with van der Waals surface area (Å²) in [6.45, 7) is 10.1. The summed E-state index contributed by atoms with van der Waals surface area (Å²) in [4.78, 5) is 32.4. The predicted octanol–water partition coefficient (Wildman–Crippen LogP) is 5.63. The van der Waals surface area contributed by atoms with Crippen molar-refractivity contribution in [3.8, 4) is 5.75 Å². The highest BCUT2D eigenvalue weighted by Crippen LogP contribution is 2.43. The highest BCUT2D eigenvalue weighted by molar-refractivity contribution is 6.51. The van der Waals surface area contributed by atoms with E-state index < -0.39 is 17.7 Å². The first-order valence-corrected chi connectivity index (χ1v) is 11.5. The second-order valence-corrected chi connectivity index (χ2v) is 9.89. The van der Waals surface area contributed by atoms with Crippen molar-refractivity contribution in [1.29, 1.82) is 0 Å². The van der Waals surface area contributed by atoms with Crippen LogP contribution in [0.25, 0.3) is 5.76 Å². The number of hydrogen-bond donors (Lipinski definition) is 1. The number of aliphatic hydroxyl groups is 1. The van der Waals surface area contributed by atoms with Crippen LogP contribution in [0.15, 0.2) is 66.5 Å². The van der Waals surface area contributed by atoms with Crippen LogP contribution in [0.4, 0.5) is 5.69 Å². The summed E-state index contributed by atoms with van der Waals surface area (Å²) < 4.78 is 5.52. The third-order valence-corrected chi connectivity index (χ3v) is 6.49. The molecular formula is C29H30N2O4. The second-order valence-electron chi connectivity index (χ2n) is 9.89. The number of carbonyl (C=O) groups is 2. The minimum atomic E-state index is -0.814. The molecule has 180 valence electrons. The molecule has 2 aromatic carbocycles. The van der Waals surface area contributed by atoms with E-state index in [4.69, 9.17) is 4.74 Å². The average molecular weight is 471 g/mol. The Hall–Kier alpha value is -3.93. The Balaban J connectivity index is 1.95. The summed E-state index contributed by atoms with van der Waals surface area (Å²) in [7, 11) is 1.60. The Morgan fingerprint density at radius 2 is 1.77 bits per heavy atom. The normalized spacial score (nSPS) is 17.7. The lowest BCUT2D eigenvalue weighted by molar-refractivity contribution is -0.132. The molecule has 35 heavy (non-hydrogen) atoms. The topological polar surface area (TPSA) is 79.7 Å². The van der Waals surface area contributed by atoms with Crippen LogP contribution in [-0.4, -0.2) is 28.9 Å². The molecule has 3 aromatic rings. The Morgan fingerprint density at radius 3 is 2.37 bits per heavy atom. The fourth-order valence-electron chi connectivity index (χ4n) is 4.42. The first-order valence-electron chi connectivity index (χ1n) is 11.5. The van der Waals surface area contributed by atoms with Crippen LogP contribution in [-0.2, 0) is 15.0 Å². The van der Waals surface area contributed by atoms with E-state index in [2.05, 4.69) is 4.98 Å². The first kappa shape index (κ1) is 24.2. The number of amides is 1. The minimum Gasteiger partial charge on any atom is -0.507 e. The minimum absolute atomic E-state index is 0.0336. The number of benzene rings is 2. The molecule has 6 nitrogen and oxygen atoms in total. The summed E-state index contributed by atoms with van der Waals surface area (Å²) in [6, 6.07) is 13.7. The number of aryl methyl sites for hydroxylation is 2. The van der Waals surface area contributed by atoms with Crippen LogP contribution in [0.3, 0.4) is 0 Å². The number of carbonyl (C=O) groups excluding carboxylic acids is 2. The van der Waals surface area contributed by atoms with Gasteiger partial charge in [0.2, 0.25) is 0 Å². The van der Waals surface area contributed by atoms with Gasteiger partial charge in [-0.2, -0.15) is 0 Å². The maximum Gasteiger partial charge on any atom is 0.300 e. The molecule has 0 aliphatic carbocycles. The lowest BCUT2D eigenvalue weighted by atomic mass is 9.84. The van der Waals surface area contributed by atoms with Gasteiger partial charge in [-0.15, -0.1) is 0 Å². The van der Waals surface area contributed by atoms with Gasteiger partial charge in [0.05, 0.1) is 18.7 Å². The monoisotopic (exact) mass is 470 g/mol. The smallest absolute Gasteiger partial charge is 0.300 e. The van der Waals surface area contributed by atoms with Gasteiger partial charge in [-0.05, 0) is 72.4 Å². The third kappa shape index (κ3) is 4.32. The van der Waals surface area contributed by atoms with Gasteiger partial charge in [-0.25, -0.2) is 0 Å². The number of anilines is 1. The standard InChI is InChI=1S/C29H30N2O4/c1-17-9-11-21(14-18(17)2)31-25(20-8-7-13-30-16-20)24(27(33)28(31)34)26(32)19-10-12-23(35-6)22(15-19)29(3,4)5/h7-16,25,32H,1-6H3/b26-24-. The zero-order valence-corrected chi connectivity index (χ0v) is 20.9. The van der Waals surface area contributed by atoms with Crippen LogP contribution in [0.2, 0.25) is 0 Å². The molecule has 2 heterocycles. The molecule has 1 unspecified atom stereocenters. The molecule has 1 fully saturated rings. The van der Waals surface area contributed by atoms with E-state index in [1.807, 2.05) is 58.9 Å². The van der Waals surface area contributed by atoms with Crippen LogP contribution in [0.1, 0.15) is 54.6 Å². The number of pyridine rings is 1. The van der Waals surface area contributed by atoms with Crippen molar-refractivity contribution in [2.45, 2.75) is 46.1 Å². The quantitative estimate of drug-likeness (QED) is 0.304. The van der Waals surface area contributed by atoms with Gasteiger partial charge >= 0.3 is 0 Å². The lowest BCUT2D eigenvalue weighted by Gasteiger charge is -2.26. The maximum absolute atomic E-state index is 13.4. The highest BCUT2D eigenvalue weighted by Gasteiger charge is 2.47. The maximum atomic E-state index is 13.4. The number of Topliss-reactive ketones (excluding diaryl/α,β-unsaturated/α-hetero) is 1. The molecule has 1 aliphatic heterocycles. The van der Waals surface area contributed by atoms with Crippen molar-refractivity contribution in [3.05, 3.63) is 94.3 Å². The molecule has 1 atom stereocenters. The molecule has 0 radical (unpaired) electrons. The average Bonchev–Trinajstić information content (AvgIpc) is 3.10. The Bertz CT molecular complexity index is 1340. The number of hydrogen-bond acceptors (Lipinski definition) is 5. The number of nitrogens with zero attached hydrogens (tertiary/aromatic N) is 2. The van der Waals surface area contributed by atoms with Gasteiger partial charge in [0.1, 0.15) is 11.5 Å². The fourth-order valence-corrected chi connectivity index (χ4v) is 4.42. The SMILES string of the molecule is COc1ccc(/C(O)=C2/C(=O)C(=O)N(c3ccc(C)c(C)c3)C2c2cccnc2)cc1C(C)(C)C. The van der Waals surface area contributed by atoms with Crippen LogP contribution in [0, 0.1) is 13.8 Å².